The maximum absolute atomic E-state index is 10.8. The molecular weight excluding hydrogens is 424 g/mol. The van der Waals surface area contributed by atoms with Gasteiger partial charge >= 0.3 is 5.97 Å². The SMILES string of the molecule is O=C(O)/C=N/OC(c1ccc(OCc2nc(-c3ccccc3)cs2)cc1)C1CCCCC1. The van der Waals surface area contributed by atoms with Gasteiger partial charge in [-0.05, 0) is 30.5 Å². The van der Waals surface area contributed by atoms with Gasteiger partial charge in [0.05, 0.1) is 5.69 Å². The van der Waals surface area contributed by atoms with Gasteiger partial charge in [0.15, 0.2) is 12.3 Å². The van der Waals surface area contributed by atoms with Gasteiger partial charge in [-0.3, -0.25) is 0 Å². The van der Waals surface area contributed by atoms with Gasteiger partial charge in [0.25, 0.3) is 0 Å². The third-order valence-electron chi connectivity index (χ3n) is 5.61. The first kappa shape index (κ1) is 22.0. The molecule has 1 saturated carbocycles. The standard InChI is InChI=1S/C25H26N2O4S/c28-24(29)15-26-31-25(19-9-5-2-6-10-19)20-11-13-21(14-12-20)30-16-23-27-22(17-32-23)18-7-3-1-4-8-18/h1,3-4,7-8,11-15,17,19,25H,2,5-6,9-10,16H2,(H,28,29)/b26-15+. The number of thiazole rings is 1. The molecule has 7 heteroatoms. The molecule has 4 rings (SSSR count). The number of rotatable bonds is 9. The number of hydrogen-bond donors (Lipinski definition) is 1. The molecule has 0 saturated heterocycles. The number of ether oxygens (including phenoxy) is 1. The minimum Gasteiger partial charge on any atom is -0.486 e. The number of aromatic nitrogens is 1. The van der Waals surface area contributed by atoms with Gasteiger partial charge in [0.1, 0.15) is 17.4 Å². The molecule has 166 valence electrons. The Balaban J connectivity index is 1.39. The smallest absolute Gasteiger partial charge is 0.350 e. The summed E-state index contributed by atoms with van der Waals surface area (Å²) in [6.45, 7) is 0.405. The van der Waals surface area contributed by atoms with E-state index in [1.807, 2.05) is 60.0 Å². The molecule has 1 heterocycles. The number of benzene rings is 2. The van der Waals surface area contributed by atoms with Crippen LogP contribution in [0.15, 0.2) is 65.1 Å². The quantitative estimate of drug-likeness (QED) is 0.315. The number of carboxylic acid groups (broad SMARTS) is 1. The average molecular weight is 451 g/mol. The highest BCUT2D eigenvalue weighted by atomic mass is 32.1. The second-order valence-corrected chi connectivity index (χ2v) is 8.79. The number of carbonyl (C=O) groups is 1. The van der Waals surface area contributed by atoms with Crippen LogP contribution in [0.1, 0.15) is 48.8 Å². The Kier molecular flexibility index (Phi) is 7.51. The van der Waals surface area contributed by atoms with E-state index in [-0.39, 0.29) is 6.10 Å². The van der Waals surface area contributed by atoms with Gasteiger partial charge in [0.2, 0.25) is 0 Å². The van der Waals surface area contributed by atoms with Crippen molar-refractivity contribution in [3.8, 4) is 17.0 Å². The third-order valence-corrected chi connectivity index (χ3v) is 6.43. The zero-order chi connectivity index (χ0) is 22.2. The highest BCUT2D eigenvalue weighted by Crippen LogP contribution is 2.37. The highest BCUT2D eigenvalue weighted by Gasteiger charge is 2.27. The largest absolute Gasteiger partial charge is 0.486 e. The first-order chi connectivity index (χ1) is 15.7. The van der Waals surface area contributed by atoms with E-state index in [9.17, 15) is 4.79 Å². The molecular formula is C25H26N2O4S. The van der Waals surface area contributed by atoms with Crippen LogP contribution in [-0.2, 0) is 16.2 Å². The monoisotopic (exact) mass is 450 g/mol. The lowest BCUT2D eigenvalue weighted by Crippen LogP contribution is -2.18. The van der Waals surface area contributed by atoms with Gasteiger partial charge in [0, 0.05) is 16.9 Å². The van der Waals surface area contributed by atoms with Gasteiger partial charge < -0.3 is 14.7 Å². The number of aliphatic carboxylic acids is 1. The summed E-state index contributed by atoms with van der Waals surface area (Å²) in [5, 5.41) is 15.5. The molecule has 3 aromatic rings. The van der Waals surface area contributed by atoms with Gasteiger partial charge in [-0.2, -0.15) is 0 Å². The Hall–Kier alpha value is -3.19. The Bertz CT molecular complexity index is 1030. The predicted molar refractivity (Wildman–Crippen MR) is 125 cm³/mol. The van der Waals surface area contributed by atoms with Crippen LogP contribution >= 0.6 is 11.3 Å². The van der Waals surface area contributed by atoms with Crippen LogP contribution in [-0.4, -0.2) is 22.3 Å². The van der Waals surface area contributed by atoms with Crippen LogP contribution in [0.25, 0.3) is 11.3 Å². The van der Waals surface area contributed by atoms with E-state index in [0.717, 1.165) is 59.5 Å². The first-order valence-corrected chi connectivity index (χ1v) is 11.7. The summed E-state index contributed by atoms with van der Waals surface area (Å²) in [4.78, 5) is 21.1. The van der Waals surface area contributed by atoms with Crippen molar-refractivity contribution in [2.45, 2.75) is 44.8 Å². The minimum atomic E-state index is -1.12. The number of nitrogens with zero attached hydrogens (tertiary/aromatic N) is 2. The van der Waals surface area contributed by atoms with Gasteiger partial charge in [-0.1, -0.05) is 66.9 Å². The van der Waals surface area contributed by atoms with Crippen molar-refractivity contribution >= 4 is 23.5 Å². The Labute approximate surface area is 191 Å². The van der Waals surface area contributed by atoms with Crippen LogP contribution in [0.5, 0.6) is 5.75 Å². The second-order valence-electron chi connectivity index (χ2n) is 7.85. The number of carboxylic acids is 1. The molecule has 0 spiro atoms. The van der Waals surface area contributed by atoms with E-state index >= 15 is 0 Å². The van der Waals surface area contributed by atoms with Crippen molar-refractivity contribution in [1.29, 1.82) is 0 Å². The van der Waals surface area contributed by atoms with E-state index in [4.69, 9.17) is 14.7 Å². The summed E-state index contributed by atoms with van der Waals surface area (Å²) < 4.78 is 5.93. The maximum atomic E-state index is 10.8. The van der Waals surface area contributed by atoms with E-state index in [0.29, 0.717) is 12.5 Å². The molecule has 1 atom stereocenters. The molecule has 0 radical (unpaired) electrons. The Morgan fingerprint density at radius 2 is 1.88 bits per heavy atom. The molecule has 1 aliphatic carbocycles. The predicted octanol–water partition coefficient (Wildman–Crippen LogP) is 6.10. The molecule has 6 nitrogen and oxygen atoms in total. The van der Waals surface area contributed by atoms with Gasteiger partial charge in [-0.15, -0.1) is 11.3 Å². The van der Waals surface area contributed by atoms with Crippen molar-refractivity contribution < 1.29 is 19.5 Å². The molecule has 1 aromatic heterocycles. The van der Waals surface area contributed by atoms with E-state index in [2.05, 4.69) is 10.1 Å². The zero-order valence-corrected chi connectivity index (χ0v) is 18.5. The fourth-order valence-electron chi connectivity index (χ4n) is 4.01. The minimum absolute atomic E-state index is 0.257. The highest BCUT2D eigenvalue weighted by molar-refractivity contribution is 7.09. The first-order valence-electron chi connectivity index (χ1n) is 10.8. The summed E-state index contributed by atoms with van der Waals surface area (Å²) in [5.41, 5.74) is 3.03. The lowest BCUT2D eigenvalue weighted by Gasteiger charge is -2.28. The fraction of sp³-hybridized carbons (Fsp3) is 0.320. The van der Waals surface area contributed by atoms with Crippen LogP contribution in [0.2, 0.25) is 0 Å². The summed E-state index contributed by atoms with van der Waals surface area (Å²) in [5.74, 6) is -0.0383. The molecule has 0 amide bonds. The molecule has 1 N–H and O–H groups in total. The molecule has 1 aliphatic rings. The van der Waals surface area contributed by atoms with Crippen molar-refractivity contribution in [2.75, 3.05) is 0 Å². The lowest BCUT2D eigenvalue weighted by molar-refractivity contribution is -0.129. The molecule has 32 heavy (non-hydrogen) atoms. The molecule has 2 aromatic carbocycles. The van der Waals surface area contributed by atoms with Crippen molar-refractivity contribution in [3.63, 3.8) is 0 Å². The van der Waals surface area contributed by atoms with Crippen molar-refractivity contribution in [1.82, 2.24) is 4.98 Å². The topological polar surface area (TPSA) is 81.0 Å². The zero-order valence-electron chi connectivity index (χ0n) is 17.7. The Morgan fingerprint density at radius 1 is 1.12 bits per heavy atom. The Morgan fingerprint density at radius 3 is 2.59 bits per heavy atom. The normalized spacial score (nSPS) is 15.5. The second kappa shape index (κ2) is 10.9. The lowest BCUT2D eigenvalue weighted by atomic mass is 9.83. The van der Waals surface area contributed by atoms with Crippen LogP contribution in [0, 0.1) is 5.92 Å². The summed E-state index contributed by atoms with van der Waals surface area (Å²) in [6, 6.07) is 17.9. The molecule has 1 unspecified atom stereocenters. The van der Waals surface area contributed by atoms with Crippen molar-refractivity contribution in [3.05, 3.63) is 70.5 Å². The molecule has 0 bridgehead atoms. The van der Waals surface area contributed by atoms with E-state index in [1.54, 1.807) is 11.3 Å². The fourth-order valence-corrected chi connectivity index (χ4v) is 4.73. The summed E-state index contributed by atoms with van der Waals surface area (Å²) in [7, 11) is 0. The van der Waals surface area contributed by atoms with Crippen molar-refractivity contribution in [2.24, 2.45) is 11.1 Å². The third kappa shape index (κ3) is 5.95. The average Bonchev–Trinajstić information content (AvgIpc) is 3.31. The molecule has 0 aliphatic heterocycles. The van der Waals surface area contributed by atoms with Gasteiger partial charge in [-0.25, -0.2) is 9.78 Å². The summed E-state index contributed by atoms with van der Waals surface area (Å²) in [6.07, 6.45) is 6.20. The molecule has 1 fully saturated rings. The van der Waals surface area contributed by atoms with Crippen LogP contribution in [0.3, 0.4) is 0 Å². The maximum Gasteiger partial charge on any atom is 0.350 e. The summed E-state index contributed by atoms with van der Waals surface area (Å²) >= 11 is 1.58. The van der Waals surface area contributed by atoms with E-state index < -0.39 is 5.97 Å². The van der Waals surface area contributed by atoms with Crippen LogP contribution < -0.4 is 4.74 Å². The van der Waals surface area contributed by atoms with Crippen LogP contribution in [0.4, 0.5) is 0 Å². The number of hydrogen-bond acceptors (Lipinski definition) is 6. The number of oxime groups is 1. The van der Waals surface area contributed by atoms with E-state index in [1.165, 1.54) is 6.42 Å².